The molecule has 1 aromatic carbocycles. The molecule has 1 aliphatic heterocycles. The molecule has 1 saturated heterocycles. The van der Waals surface area contributed by atoms with Gasteiger partial charge in [-0.2, -0.15) is 0 Å². The van der Waals surface area contributed by atoms with Gasteiger partial charge < -0.3 is 20.1 Å². The number of guanidine groups is 1. The van der Waals surface area contributed by atoms with Gasteiger partial charge in [-0.3, -0.25) is 0 Å². The maximum absolute atomic E-state index is 9.73. The number of aliphatic imine (C=N–C) groups is 1. The summed E-state index contributed by atoms with van der Waals surface area (Å²) in [6, 6.07) is 8.33. The first-order valence-electron chi connectivity index (χ1n) is 9.71. The molecule has 3 rings (SSSR count). The summed E-state index contributed by atoms with van der Waals surface area (Å²) in [5.41, 5.74) is 1.17. The Morgan fingerprint density at radius 2 is 1.92 bits per heavy atom. The summed E-state index contributed by atoms with van der Waals surface area (Å²) in [6.07, 6.45) is 7.25. The molecule has 1 atom stereocenters. The molecular weight excluding hydrogens is 441 g/mol. The summed E-state index contributed by atoms with van der Waals surface area (Å²) in [4.78, 5) is 6.86. The monoisotopic (exact) mass is 473 g/mol. The Balaban J connectivity index is 0.00000243. The number of halogens is 1. The second kappa shape index (κ2) is 11.0. The number of rotatable bonds is 5. The number of aliphatic hydroxyl groups is 1. The molecule has 1 aliphatic carbocycles. The van der Waals surface area contributed by atoms with Crippen LogP contribution >= 0.6 is 24.0 Å². The third-order valence-electron chi connectivity index (χ3n) is 4.99. The number of nitrogens with one attached hydrogen (secondary N) is 1. The van der Waals surface area contributed by atoms with Gasteiger partial charge in [-0.05, 0) is 56.7 Å². The van der Waals surface area contributed by atoms with Gasteiger partial charge in [0.15, 0.2) is 5.96 Å². The van der Waals surface area contributed by atoms with Crippen LogP contribution in [0.4, 0.5) is 0 Å². The van der Waals surface area contributed by atoms with Gasteiger partial charge in [0.1, 0.15) is 5.75 Å². The van der Waals surface area contributed by atoms with Crippen LogP contribution in [-0.2, 0) is 6.54 Å². The summed E-state index contributed by atoms with van der Waals surface area (Å²) in [6.45, 7) is 5.07. The first-order chi connectivity index (χ1) is 12.2. The lowest BCUT2D eigenvalue weighted by atomic mass is 9.98. The molecule has 0 radical (unpaired) electrons. The molecule has 146 valence electrons. The van der Waals surface area contributed by atoms with Crippen molar-refractivity contribution in [2.24, 2.45) is 4.99 Å². The Morgan fingerprint density at radius 1 is 1.19 bits per heavy atom. The largest absolute Gasteiger partial charge is 0.490 e. The number of hydrogen-bond donors (Lipinski definition) is 2. The zero-order valence-electron chi connectivity index (χ0n) is 15.7. The summed E-state index contributed by atoms with van der Waals surface area (Å²) in [7, 11) is 0. The molecule has 0 amide bonds. The smallest absolute Gasteiger partial charge is 0.194 e. The van der Waals surface area contributed by atoms with Crippen molar-refractivity contribution in [1.82, 2.24) is 10.2 Å². The normalized spacial score (nSPS) is 21.4. The highest BCUT2D eigenvalue weighted by molar-refractivity contribution is 14.0. The van der Waals surface area contributed by atoms with E-state index in [9.17, 15) is 5.11 Å². The first-order valence-corrected chi connectivity index (χ1v) is 9.71. The van der Waals surface area contributed by atoms with Gasteiger partial charge >= 0.3 is 0 Å². The molecule has 1 heterocycles. The van der Waals surface area contributed by atoms with E-state index in [1.165, 1.54) is 37.7 Å². The van der Waals surface area contributed by atoms with E-state index in [1.54, 1.807) is 0 Å². The van der Waals surface area contributed by atoms with Gasteiger partial charge in [-0.15, -0.1) is 24.0 Å². The highest BCUT2D eigenvalue weighted by Crippen LogP contribution is 2.23. The molecule has 6 heteroatoms. The molecule has 0 bridgehead atoms. The van der Waals surface area contributed by atoms with Crippen LogP contribution in [0.2, 0.25) is 0 Å². The Hall–Kier alpha value is -1.02. The molecule has 2 aliphatic rings. The third kappa shape index (κ3) is 6.30. The van der Waals surface area contributed by atoms with Crippen LogP contribution in [0, 0.1) is 0 Å². The van der Waals surface area contributed by atoms with E-state index in [0.29, 0.717) is 19.2 Å². The number of ether oxygens (including phenoxy) is 1. The van der Waals surface area contributed by atoms with Crippen molar-refractivity contribution in [2.45, 2.75) is 64.2 Å². The molecular formula is C20H32IN3O2. The standard InChI is InChI=1S/C20H31N3O2.HI/c1-2-21-20(23-13-12-17(24)15-23)22-14-16-8-10-19(11-9-16)25-18-6-4-3-5-7-18;/h8-11,17-18,24H,2-7,12-15H2,1H3,(H,21,22);1H/t17-;/m1./s1. The van der Waals surface area contributed by atoms with E-state index in [-0.39, 0.29) is 30.1 Å². The van der Waals surface area contributed by atoms with Crippen molar-refractivity contribution in [1.29, 1.82) is 0 Å². The minimum atomic E-state index is -0.236. The van der Waals surface area contributed by atoms with E-state index in [0.717, 1.165) is 31.2 Å². The van der Waals surface area contributed by atoms with Gasteiger partial charge in [0.2, 0.25) is 0 Å². The quantitative estimate of drug-likeness (QED) is 0.390. The van der Waals surface area contributed by atoms with Crippen LogP contribution in [0.1, 0.15) is 51.0 Å². The predicted octanol–water partition coefficient (Wildman–Crippen LogP) is 3.55. The Bertz CT molecular complexity index is 559. The van der Waals surface area contributed by atoms with E-state index in [1.807, 2.05) is 0 Å². The number of nitrogens with zero attached hydrogens (tertiary/aromatic N) is 2. The van der Waals surface area contributed by atoms with Gasteiger partial charge in [-0.25, -0.2) is 4.99 Å². The van der Waals surface area contributed by atoms with E-state index < -0.39 is 0 Å². The first kappa shape index (κ1) is 21.3. The highest BCUT2D eigenvalue weighted by atomic mass is 127. The van der Waals surface area contributed by atoms with Crippen molar-refractivity contribution in [3.05, 3.63) is 29.8 Å². The van der Waals surface area contributed by atoms with E-state index >= 15 is 0 Å². The molecule has 1 saturated carbocycles. The molecule has 0 spiro atoms. The van der Waals surface area contributed by atoms with Crippen molar-refractivity contribution < 1.29 is 9.84 Å². The Morgan fingerprint density at radius 3 is 2.54 bits per heavy atom. The van der Waals surface area contributed by atoms with Crippen molar-refractivity contribution in [3.63, 3.8) is 0 Å². The number of likely N-dealkylation sites (tertiary alicyclic amines) is 1. The van der Waals surface area contributed by atoms with Crippen LogP contribution in [-0.4, -0.2) is 47.8 Å². The Kier molecular flexibility index (Phi) is 8.98. The maximum Gasteiger partial charge on any atom is 0.194 e. The summed E-state index contributed by atoms with van der Waals surface area (Å²) in [5.74, 6) is 1.86. The number of β-amino-alcohol motifs (C(OH)–C–C–N with tert-alkyl or cyclic N) is 1. The molecule has 2 N–H and O–H groups in total. The maximum atomic E-state index is 9.73. The van der Waals surface area contributed by atoms with Crippen LogP contribution in [0.5, 0.6) is 5.75 Å². The minimum absolute atomic E-state index is 0. The topological polar surface area (TPSA) is 57.1 Å². The fraction of sp³-hybridized carbons (Fsp3) is 0.650. The lowest BCUT2D eigenvalue weighted by molar-refractivity contribution is 0.155. The second-order valence-electron chi connectivity index (χ2n) is 7.08. The predicted molar refractivity (Wildman–Crippen MR) is 116 cm³/mol. The average molecular weight is 473 g/mol. The fourth-order valence-corrected chi connectivity index (χ4v) is 3.58. The zero-order valence-corrected chi connectivity index (χ0v) is 18.0. The highest BCUT2D eigenvalue weighted by Gasteiger charge is 2.22. The van der Waals surface area contributed by atoms with Crippen LogP contribution in [0.3, 0.4) is 0 Å². The molecule has 2 fully saturated rings. The Labute approximate surface area is 174 Å². The van der Waals surface area contributed by atoms with Crippen molar-refractivity contribution >= 4 is 29.9 Å². The second-order valence-corrected chi connectivity index (χ2v) is 7.08. The van der Waals surface area contributed by atoms with Gasteiger partial charge in [0.05, 0.1) is 18.8 Å². The van der Waals surface area contributed by atoms with Gasteiger partial charge in [0, 0.05) is 19.6 Å². The van der Waals surface area contributed by atoms with E-state index in [4.69, 9.17) is 9.73 Å². The lowest BCUT2D eigenvalue weighted by Gasteiger charge is -2.23. The SMILES string of the molecule is CCNC(=NCc1ccc(OC2CCCCC2)cc1)N1CC[C@@H](O)C1.I. The third-order valence-corrected chi connectivity index (χ3v) is 4.99. The number of benzene rings is 1. The summed E-state index contributed by atoms with van der Waals surface area (Å²) >= 11 is 0. The van der Waals surface area contributed by atoms with Crippen LogP contribution in [0.15, 0.2) is 29.3 Å². The fourth-order valence-electron chi connectivity index (χ4n) is 3.58. The number of aliphatic hydroxyl groups excluding tert-OH is 1. The average Bonchev–Trinajstić information content (AvgIpc) is 3.07. The zero-order chi connectivity index (χ0) is 17.5. The van der Waals surface area contributed by atoms with Crippen molar-refractivity contribution in [2.75, 3.05) is 19.6 Å². The molecule has 0 aromatic heterocycles. The van der Waals surface area contributed by atoms with Crippen molar-refractivity contribution in [3.8, 4) is 5.75 Å². The molecule has 5 nitrogen and oxygen atoms in total. The van der Waals surface area contributed by atoms with E-state index in [2.05, 4.69) is 41.4 Å². The van der Waals surface area contributed by atoms with Crippen LogP contribution < -0.4 is 10.1 Å². The lowest BCUT2D eigenvalue weighted by Crippen LogP contribution is -2.40. The molecule has 26 heavy (non-hydrogen) atoms. The molecule has 0 unspecified atom stereocenters. The minimum Gasteiger partial charge on any atom is -0.490 e. The van der Waals surface area contributed by atoms with Gasteiger partial charge in [-0.1, -0.05) is 18.6 Å². The van der Waals surface area contributed by atoms with Gasteiger partial charge in [0.25, 0.3) is 0 Å². The molecule has 1 aromatic rings. The number of hydrogen-bond acceptors (Lipinski definition) is 3. The summed E-state index contributed by atoms with van der Waals surface area (Å²) < 4.78 is 6.08. The summed E-state index contributed by atoms with van der Waals surface area (Å²) in [5, 5.41) is 13.0. The van der Waals surface area contributed by atoms with Crippen LogP contribution in [0.25, 0.3) is 0 Å².